The van der Waals surface area contributed by atoms with Gasteiger partial charge in [0.15, 0.2) is 0 Å². The highest BCUT2D eigenvalue weighted by Crippen LogP contribution is 2.36. The van der Waals surface area contributed by atoms with E-state index in [0.717, 1.165) is 17.1 Å². The monoisotopic (exact) mass is 411 g/mol. The van der Waals surface area contributed by atoms with E-state index in [1.54, 1.807) is 42.1 Å². The number of carbonyl (C=O) groups excluding carboxylic acids is 2. The average Bonchev–Trinajstić information content (AvgIpc) is 3.40. The maximum Gasteiger partial charge on any atom is 0.258 e. The van der Waals surface area contributed by atoms with Crippen molar-refractivity contribution in [2.24, 2.45) is 0 Å². The predicted molar refractivity (Wildman–Crippen MR) is 115 cm³/mol. The highest BCUT2D eigenvalue weighted by molar-refractivity contribution is 7.99. The number of rotatable bonds is 6. The molecule has 0 spiro atoms. The highest BCUT2D eigenvalue weighted by atomic mass is 32.2. The number of amides is 2. The Morgan fingerprint density at radius 2 is 2.07 bits per heavy atom. The van der Waals surface area contributed by atoms with Crippen LogP contribution in [-0.2, 0) is 4.79 Å². The maximum atomic E-state index is 12.9. The molecular formula is C22H25N3O3S. The van der Waals surface area contributed by atoms with Crippen LogP contribution in [0.1, 0.15) is 48.9 Å². The molecule has 0 radical (unpaired) electrons. The zero-order valence-electron chi connectivity index (χ0n) is 16.5. The SMILES string of the molecule is COc1cc(NC(=O)c2cccnc2SC2CCCC2)ccc1N1CCCC1=O. The van der Waals surface area contributed by atoms with E-state index in [1.807, 2.05) is 18.2 Å². The van der Waals surface area contributed by atoms with Crippen LogP contribution in [0.4, 0.5) is 11.4 Å². The second-order valence-electron chi connectivity index (χ2n) is 7.37. The standard InChI is InChI=1S/C22H25N3O3S/c1-28-19-14-15(10-11-18(19)25-13-5-9-20(25)26)24-21(27)17-8-4-12-23-22(17)29-16-6-2-3-7-16/h4,8,10-12,14,16H,2-3,5-7,9,13H2,1H3,(H,24,27). The second kappa shape index (κ2) is 8.86. The third-order valence-corrected chi connectivity index (χ3v) is 6.75. The quantitative estimate of drug-likeness (QED) is 0.758. The van der Waals surface area contributed by atoms with E-state index < -0.39 is 0 Å². The fraction of sp³-hybridized carbons (Fsp3) is 0.409. The molecule has 7 heteroatoms. The average molecular weight is 412 g/mol. The first-order valence-electron chi connectivity index (χ1n) is 10.1. The molecule has 2 amide bonds. The molecule has 0 atom stereocenters. The molecule has 1 aliphatic carbocycles. The third-order valence-electron chi connectivity index (χ3n) is 5.40. The molecule has 1 saturated carbocycles. The van der Waals surface area contributed by atoms with Gasteiger partial charge in [0.1, 0.15) is 10.8 Å². The minimum Gasteiger partial charge on any atom is -0.494 e. The van der Waals surface area contributed by atoms with Crippen molar-refractivity contribution in [1.29, 1.82) is 0 Å². The Bertz CT molecular complexity index is 912. The molecule has 0 unspecified atom stereocenters. The molecule has 0 bridgehead atoms. The van der Waals surface area contributed by atoms with Crippen molar-refractivity contribution in [3.05, 3.63) is 42.1 Å². The van der Waals surface area contributed by atoms with E-state index in [9.17, 15) is 9.59 Å². The van der Waals surface area contributed by atoms with E-state index >= 15 is 0 Å². The number of ether oxygens (including phenoxy) is 1. The van der Waals surface area contributed by atoms with Gasteiger partial charge in [-0.25, -0.2) is 4.98 Å². The number of pyridine rings is 1. The summed E-state index contributed by atoms with van der Waals surface area (Å²) in [4.78, 5) is 31.2. The van der Waals surface area contributed by atoms with Crippen LogP contribution in [0, 0.1) is 0 Å². The van der Waals surface area contributed by atoms with Crippen molar-refractivity contribution < 1.29 is 14.3 Å². The van der Waals surface area contributed by atoms with Crippen LogP contribution >= 0.6 is 11.8 Å². The fourth-order valence-corrected chi connectivity index (χ4v) is 5.20. The molecule has 2 fully saturated rings. The molecule has 29 heavy (non-hydrogen) atoms. The van der Waals surface area contributed by atoms with Gasteiger partial charge in [-0.05, 0) is 43.5 Å². The summed E-state index contributed by atoms with van der Waals surface area (Å²) in [5.41, 5.74) is 1.96. The molecular weight excluding hydrogens is 386 g/mol. The first-order valence-corrected chi connectivity index (χ1v) is 10.9. The molecule has 1 aromatic carbocycles. The van der Waals surface area contributed by atoms with Crippen LogP contribution < -0.4 is 15.0 Å². The van der Waals surface area contributed by atoms with Crippen molar-refractivity contribution >= 4 is 35.0 Å². The van der Waals surface area contributed by atoms with Crippen molar-refractivity contribution in [3.8, 4) is 5.75 Å². The van der Waals surface area contributed by atoms with Crippen LogP contribution in [-0.4, -0.2) is 35.7 Å². The first kappa shape index (κ1) is 19.8. The van der Waals surface area contributed by atoms with Crippen LogP contribution in [0.3, 0.4) is 0 Å². The lowest BCUT2D eigenvalue weighted by Crippen LogP contribution is -2.24. The topological polar surface area (TPSA) is 71.5 Å². The number of benzene rings is 1. The number of carbonyl (C=O) groups is 2. The molecule has 2 aliphatic rings. The number of nitrogens with zero attached hydrogens (tertiary/aromatic N) is 2. The van der Waals surface area contributed by atoms with Crippen molar-refractivity contribution in [2.75, 3.05) is 23.9 Å². The Hall–Kier alpha value is -2.54. The highest BCUT2D eigenvalue weighted by Gasteiger charge is 2.25. The Balaban J connectivity index is 1.52. The molecule has 1 aromatic heterocycles. The van der Waals surface area contributed by atoms with E-state index in [2.05, 4.69) is 10.3 Å². The summed E-state index contributed by atoms with van der Waals surface area (Å²) < 4.78 is 5.48. The van der Waals surface area contributed by atoms with Gasteiger partial charge in [0, 0.05) is 36.2 Å². The van der Waals surface area contributed by atoms with Gasteiger partial charge in [-0.1, -0.05) is 12.8 Å². The normalized spacial score (nSPS) is 17.0. The molecule has 4 rings (SSSR count). The van der Waals surface area contributed by atoms with Crippen LogP contribution in [0.5, 0.6) is 5.75 Å². The van der Waals surface area contributed by atoms with Gasteiger partial charge in [0.05, 0.1) is 18.4 Å². The molecule has 6 nitrogen and oxygen atoms in total. The zero-order valence-corrected chi connectivity index (χ0v) is 17.3. The van der Waals surface area contributed by atoms with Crippen LogP contribution in [0.15, 0.2) is 41.6 Å². The zero-order chi connectivity index (χ0) is 20.2. The number of hydrogen-bond acceptors (Lipinski definition) is 5. The minimum atomic E-state index is -0.189. The molecule has 152 valence electrons. The number of aromatic nitrogens is 1. The third kappa shape index (κ3) is 4.40. The van der Waals surface area contributed by atoms with Gasteiger partial charge in [0.2, 0.25) is 5.91 Å². The van der Waals surface area contributed by atoms with E-state index in [0.29, 0.717) is 35.2 Å². The predicted octanol–water partition coefficient (Wildman–Crippen LogP) is 4.50. The van der Waals surface area contributed by atoms with Crippen molar-refractivity contribution in [2.45, 2.75) is 48.8 Å². The summed E-state index contributed by atoms with van der Waals surface area (Å²) in [7, 11) is 1.57. The van der Waals surface area contributed by atoms with Crippen LogP contribution in [0.25, 0.3) is 0 Å². The summed E-state index contributed by atoms with van der Waals surface area (Å²) >= 11 is 1.70. The fourth-order valence-electron chi connectivity index (χ4n) is 3.90. The van der Waals surface area contributed by atoms with Gasteiger partial charge in [-0.15, -0.1) is 11.8 Å². The number of thioether (sulfide) groups is 1. The number of hydrogen-bond donors (Lipinski definition) is 1. The second-order valence-corrected chi connectivity index (χ2v) is 8.66. The molecule has 1 aliphatic heterocycles. The summed E-state index contributed by atoms with van der Waals surface area (Å²) in [5, 5.41) is 4.27. The first-order chi connectivity index (χ1) is 14.2. The van der Waals surface area contributed by atoms with E-state index in [-0.39, 0.29) is 11.8 Å². The molecule has 1 saturated heterocycles. The van der Waals surface area contributed by atoms with Crippen LogP contribution in [0.2, 0.25) is 0 Å². The lowest BCUT2D eigenvalue weighted by molar-refractivity contribution is -0.117. The summed E-state index contributed by atoms with van der Waals surface area (Å²) in [6, 6.07) is 9.00. The Morgan fingerprint density at radius 1 is 1.24 bits per heavy atom. The van der Waals surface area contributed by atoms with Gasteiger partial charge in [-0.2, -0.15) is 0 Å². The lowest BCUT2D eigenvalue weighted by Gasteiger charge is -2.20. The molecule has 1 N–H and O–H groups in total. The Labute approximate surface area is 175 Å². The summed E-state index contributed by atoms with van der Waals surface area (Å²) in [6.45, 7) is 0.693. The van der Waals surface area contributed by atoms with Gasteiger partial charge in [0.25, 0.3) is 5.91 Å². The van der Waals surface area contributed by atoms with Gasteiger partial charge >= 0.3 is 0 Å². The van der Waals surface area contributed by atoms with Crippen molar-refractivity contribution in [3.63, 3.8) is 0 Å². The lowest BCUT2D eigenvalue weighted by atomic mass is 10.2. The molecule has 2 heterocycles. The number of nitrogens with one attached hydrogen (secondary N) is 1. The number of anilines is 2. The van der Waals surface area contributed by atoms with E-state index in [4.69, 9.17) is 4.74 Å². The maximum absolute atomic E-state index is 12.9. The summed E-state index contributed by atoms with van der Waals surface area (Å²) in [6.07, 6.45) is 7.99. The Kier molecular flexibility index (Phi) is 6.04. The van der Waals surface area contributed by atoms with E-state index in [1.165, 1.54) is 25.7 Å². The number of methoxy groups -OCH3 is 1. The molecule has 2 aromatic rings. The largest absolute Gasteiger partial charge is 0.494 e. The Morgan fingerprint density at radius 3 is 2.79 bits per heavy atom. The van der Waals surface area contributed by atoms with Gasteiger partial charge in [-0.3, -0.25) is 9.59 Å². The minimum absolute atomic E-state index is 0.101. The van der Waals surface area contributed by atoms with Crippen molar-refractivity contribution in [1.82, 2.24) is 4.98 Å². The van der Waals surface area contributed by atoms with Gasteiger partial charge < -0.3 is 15.0 Å². The summed E-state index contributed by atoms with van der Waals surface area (Å²) in [5.74, 6) is 0.486. The smallest absolute Gasteiger partial charge is 0.258 e.